The molecule has 236 valence electrons. The summed E-state index contributed by atoms with van der Waals surface area (Å²) in [5.74, 6) is 0.110. The minimum absolute atomic E-state index is 0.0479. The maximum absolute atomic E-state index is 15.3. The van der Waals surface area contributed by atoms with Gasteiger partial charge in [0.2, 0.25) is 11.8 Å². The number of carbonyl (C=O) groups is 1. The predicted molar refractivity (Wildman–Crippen MR) is 173 cm³/mol. The highest BCUT2D eigenvalue weighted by Crippen LogP contribution is 2.40. The van der Waals surface area contributed by atoms with Gasteiger partial charge in [-0.2, -0.15) is 0 Å². The quantitative estimate of drug-likeness (QED) is 0.131. The summed E-state index contributed by atoms with van der Waals surface area (Å²) >= 11 is 13.8. The number of hydrogen-bond donors (Lipinski definition) is 4. The van der Waals surface area contributed by atoms with Crippen molar-refractivity contribution >= 4 is 40.6 Å². The van der Waals surface area contributed by atoms with Crippen LogP contribution in [0.2, 0.25) is 10.0 Å². The molecule has 1 fully saturated rings. The molecule has 1 saturated heterocycles. The maximum Gasteiger partial charge on any atom is 0.220 e. The predicted octanol–water partition coefficient (Wildman–Crippen LogP) is 5.51. The lowest BCUT2D eigenvalue weighted by Crippen LogP contribution is -2.35. The van der Waals surface area contributed by atoms with Crippen molar-refractivity contribution in [2.75, 3.05) is 39.2 Å². The fraction of sp³-hybridized carbons (Fsp3) is 0.312. The van der Waals surface area contributed by atoms with Gasteiger partial charge in [0, 0.05) is 80.4 Å². The molecule has 1 atom stereocenters. The van der Waals surface area contributed by atoms with E-state index in [0.717, 1.165) is 12.0 Å². The monoisotopic (exact) mass is 653 g/mol. The van der Waals surface area contributed by atoms with Crippen molar-refractivity contribution in [2.45, 2.75) is 32.0 Å². The van der Waals surface area contributed by atoms with Crippen LogP contribution >= 0.6 is 23.2 Å². The first-order chi connectivity index (χ1) is 21.9. The number of carbonyl (C=O) groups excluding carboxylic acids is 1. The van der Waals surface area contributed by atoms with Gasteiger partial charge in [0.1, 0.15) is 0 Å². The Morgan fingerprint density at radius 2 is 1.80 bits per heavy atom. The number of benzene rings is 1. The zero-order chi connectivity index (χ0) is 31.8. The summed E-state index contributed by atoms with van der Waals surface area (Å²) in [5.41, 5.74) is 4.01. The van der Waals surface area contributed by atoms with Crippen LogP contribution in [-0.4, -0.2) is 60.8 Å². The molecular weight excluding hydrogens is 620 g/mol. The average molecular weight is 655 g/mol. The van der Waals surface area contributed by atoms with Crippen molar-refractivity contribution in [2.24, 2.45) is 0 Å². The van der Waals surface area contributed by atoms with E-state index >= 15 is 4.39 Å². The summed E-state index contributed by atoms with van der Waals surface area (Å²) in [7, 11) is 3.18. The number of hydrogen-bond acceptors (Lipinski definition) is 9. The molecule has 4 aromatic rings. The Hall–Kier alpha value is -3.87. The van der Waals surface area contributed by atoms with Crippen molar-refractivity contribution in [3.8, 4) is 28.4 Å². The van der Waals surface area contributed by atoms with Gasteiger partial charge >= 0.3 is 0 Å². The van der Waals surface area contributed by atoms with Crippen molar-refractivity contribution in [1.82, 2.24) is 30.9 Å². The zero-order valence-corrected chi connectivity index (χ0v) is 26.4. The number of nitrogens with one attached hydrogen (secondary N) is 4. The SMILES string of the molecule is COCCNCc1ccnc(Nc2cccc(-c3nccc(-c4ccc(CNC[C@@H]5CCC(=O)N5)c(OC)n4)c3Cl)c2Cl)c1F. The minimum Gasteiger partial charge on any atom is -0.481 e. The minimum atomic E-state index is -0.481. The Kier molecular flexibility index (Phi) is 11.1. The van der Waals surface area contributed by atoms with E-state index in [0.29, 0.717) is 88.9 Å². The molecule has 13 heteroatoms. The van der Waals surface area contributed by atoms with Gasteiger partial charge in [-0.05, 0) is 30.7 Å². The molecule has 1 aliphatic rings. The van der Waals surface area contributed by atoms with Crippen LogP contribution in [0.1, 0.15) is 24.0 Å². The van der Waals surface area contributed by atoms with Crippen LogP contribution in [0.25, 0.3) is 22.5 Å². The van der Waals surface area contributed by atoms with Gasteiger partial charge in [0.05, 0.1) is 40.8 Å². The summed E-state index contributed by atoms with van der Waals surface area (Å²) in [4.78, 5) is 24.9. The smallest absolute Gasteiger partial charge is 0.220 e. The second-order valence-corrected chi connectivity index (χ2v) is 11.2. The summed E-state index contributed by atoms with van der Waals surface area (Å²) in [6.45, 7) is 2.62. The van der Waals surface area contributed by atoms with Gasteiger partial charge < -0.3 is 30.7 Å². The lowest BCUT2D eigenvalue weighted by Gasteiger charge is -2.16. The molecule has 4 N–H and O–H groups in total. The van der Waals surface area contributed by atoms with Crippen LogP contribution in [0.4, 0.5) is 15.9 Å². The van der Waals surface area contributed by atoms with Crippen LogP contribution in [0.5, 0.6) is 5.88 Å². The standard InChI is InChI=1S/C32H34Cl2FN7O3/c1-44-15-14-36-16-19-10-12-39-31(29(19)35)41-25-5-3-4-23(27(25)33)30-28(34)22(11-13-38-30)24-8-6-20(32(42-24)45-2)17-37-18-21-7-9-26(43)40-21/h3-6,8,10-13,21,36-37H,7,9,14-18H2,1-2H3,(H,39,41)(H,40,43)/t21-/m0/s1. The molecule has 0 aliphatic carbocycles. The van der Waals surface area contributed by atoms with Gasteiger partial charge in [0.15, 0.2) is 11.6 Å². The van der Waals surface area contributed by atoms with E-state index in [9.17, 15) is 4.79 Å². The Morgan fingerprint density at radius 3 is 2.58 bits per heavy atom. The number of amides is 1. The first-order valence-electron chi connectivity index (χ1n) is 14.5. The van der Waals surface area contributed by atoms with Crippen LogP contribution in [0.3, 0.4) is 0 Å². The molecule has 0 spiro atoms. The van der Waals surface area contributed by atoms with E-state index in [4.69, 9.17) is 37.7 Å². The molecule has 5 rings (SSSR count). The van der Waals surface area contributed by atoms with Crippen LogP contribution in [0, 0.1) is 5.82 Å². The second-order valence-electron chi connectivity index (χ2n) is 10.4. The van der Waals surface area contributed by atoms with Crippen LogP contribution in [0.15, 0.2) is 54.9 Å². The Labute approximate surface area is 271 Å². The van der Waals surface area contributed by atoms with E-state index in [2.05, 4.69) is 31.2 Å². The molecular formula is C32H34Cl2FN7O3. The number of halogens is 3. The van der Waals surface area contributed by atoms with Crippen molar-refractivity contribution in [1.29, 1.82) is 0 Å². The fourth-order valence-electron chi connectivity index (χ4n) is 5.02. The van der Waals surface area contributed by atoms with Gasteiger partial charge in [-0.25, -0.2) is 14.4 Å². The lowest BCUT2D eigenvalue weighted by atomic mass is 10.1. The molecule has 45 heavy (non-hydrogen) atoms. The molecule has 0 bridgehead atoms. The molecule has 0 unspecified atom stereocenters. The van der Waals surface area contributed by atoms with Gasteiger partial charge in [-0.3, -0.25) is 9.78 Å². The number of ether oxygens (including phenoxy) is 2. The lowest BCUT2D eigenvalue weighted by molar-refractivity contribution is -0.119. The molecule has 4 heterocycles. The Morgan fingerprint density at radius 1 is 0.978 bits per heavy atom. The second kappa shape index (κ2) is 15.4. The highest BCUT2D eigenvalue weighted by molar-refractivity contribution is 6.39. The third-order valence-electron chi connectivity index (χ3n) is 7.36. The Bertz CT molecular complexity index is 1660. The Balaban J connectivity index is 1.35. The van der Waals surface area contributed by atoms with Crippen molar-refractivity contribution < 1.29 is 18.7 Å². The number of anilines is 2. The summed E-state index contributed by atoms with van der Waals surface area (Å²) in [6, 6.07) is 12.6. The van der Waals surface area contributed by atoms with E-state index in [1.54, 1.807) is 50.7 Å². The molecule has 10 nitrogen and oxygen atoms in total. The highest BCUT2D eigenvalue weighted by Gasteiger charge is 2.21. The highest BCUT2D eigenvalue weighted by atomic mass is 35.5. The summed E-state index contributed by atoms with van der Waals surface area (Å²) < 4.78 is 25.9. The zero-order valence-electron chi connectivity index (χ0n) is 24.9. The third kappa shape index (κ3) is 7.86. The van der Waals surface area contributed by atoms with E-state index in [1.807, 2.05) is 12.1 Å². The molecule has 1 amide bonds. The first-order valence-corrected chi connectivity index (χ1v) is 15.2. The van der Waals surface area contributed by atoms with E-state index < -0.39 is 5.82 Å². The van der Waals surface area contributed by atoms with Crippen LogP contribution in [-0.2, 0) is 22.6 Å². The molecule has 1 aliphatic heterocycles. The molecule has 1 aromatic carbocycles. The molecule has 3 aromatic heterocycles. The average Bonchev–Trinajstić information content (AvgIpc) is 3.47. The van der Waals surface area contributed by atoms with Gasteiger partial charge in [-0.15, -0.1) is 0 Å². The normalized spacial score (nSPS) is 14.4. The molecule has 0 radical (unpaired) electrons. The van der Waals surface area contributed by atoms with E-state index in [1.165, 1.54) is 6.20 Å². The largest absolute Gasteiger partial charge is 0.481 e. The van der Waals surface area contributed by atoms with Gasteiger partial charge in [0.25, 0.3) is 0 Å². The van der Waals surface area contributed by atoms with Crippen molar-refractivity contribution in [3.63, 3.8) is 0 Å². The summed E-state index contributed by atoms with van der Waals surface area (Å²) in [6.07, 6.45) is 4.55. The number of aromatic nitrogens is 3. The number of nitrogens with zero attached hydrogens (tertiary/aromatic N) is 3. The number of pyridine rings is 3. The maximum atomic E-state index is 15.3. The molecule has 0 saturated carbocycles. The van der Waals surface area contributed by atoms with Crippen molar-refractivity contribution in [3.05, 3.63) is 81.8 Å². The first kappa shape index (κ1) is 32.5. The summed E-state index contributed by atoms with van der Waals surface area (Å²) in [5, 5.41) is 13.1. The number of rotatable bonds is 14. The van der Waals surface area contributed by atoms with Gasteiger partial charge in [-0.1, -0.05) is 41.4 Å². The number of methoxy groups -OCH3 is 2. The van der Waals surface area contributed by atoms with E-state index in [-0.39, 0.29) is 17.8 Å². The fourth-order valence-corrected chi connectivity index (χ4v) is 5.59. The van der Waals surface area contributed by atoms with Crippen LogP contribution < -0.4 is 26.0 Å². The third-order valence-corrected chi connectivity index (χ3v) is 8.15. The topological polar surface area (TPSA) is 122 Å².